The van der Waals surface area contributed by atoms with E-state index in [4.69, 9.17) is 4.74 Å². The molecule has 0 N–H and O–H groups in total. The summed E-state index contributed by atoms with van der Waals surface area (Å²) >= 11 is 1.39. The van der Waals surface area contributed by atoms with Crippen molar-refractivity contribution in [3.63, 3.8) is 0 Å². The number of ether oxygens (including phenoxy) is 1. The second-order valence-corrected chi connectivity index (χ2v) is 6.92. The Morgan fingerprint density at radius 2 is 1.85 bits per heavy atom. The van der Waals surface area contributed by atoms with Crippen molar-refractivity contribution in [2.24, 2.45) is 0 Å². The van der Waals surface area contributed by atoms with Gasteiger partial charge in [-0.2, -0.15) is 0 Å². The van der Waals surface area contributed by atoms with Crippen LogP contribution < -0.4 is 10.3 Å². The van der Waals surface area contributed by atoms with Gasteiger partial charge in [-0.05, 0) is 41.5 Å². The first-order valence-electron chi connectivity index (χ1n) is 8.03. The first-order valence-corrected chi connectivity index (χ1v) is 8.84. The number of hydrogen-bond acceptors (Lipinski definition) is 4. The number of methoxy groups -OCH3 is 1. The summed E-state index contributed by atoms with van der Waals surface area (Å²) in [5, 5.41) is 0.694. The van der Waals surface area contributed by atoms with E-state index in [1.165, 1.54) is 23.5 Å². The van der Waals surface area contributed by atoms with E-state index >= 15 is 0 Å². The highest BCUT2D eigenvalue weighted by Gasteiger charge is 2.10. The van der Waals surface area contributed by atoms with Crippen LogP contribution in [0.25, 0.3) is 21.3 Å². The Hall–Kier alpha value is -2.99. The lowest BCUT2D eigenvalue weighted by atomic mass is 10.1. The van der Waals surface area contributed by atoms with Gasteiger partial charge in [0.05, 0.1) is 18.4 Å². The minimum absolute atomic E-state index is 0.123. The average Bonchev–Trinajstić information content (AvgIpc) is 3.08. The molecule has 4 nitrogen and oxygen atoms in total. The first-order chi connectivity index (χ1) is 12.6. The summed E-state index contributed by atoms with van der Waals surface area (Å²) in [5.74, 6) is 0.433. The average molecular weight is 366 g/mol. The van der Waals surface area contributed by atoms with E-state index in [2.05, 4.69) is 4.98 Å². The van der Waals surface area contributed by atoms with Gasteiger partial charge in [0.25, 0.3) is 5.56 Å². The van der Waals surface area contributed by atoms with Crippen molar-refractivity contribution in [2.75, 3.05) is 7.11 Å². The molecular weight excluding hydrogens is 351 g/mol. The molecule has 0 aliphatic carbocycles. The van der Waals surface area contributed by atoms with Crippen LogP contribution in [0.15, 0.2) is 65.6 Å². The van der Waals surface area contributed by atoms with E-state index in [1.54, 1.807) is 30.0 Å². The Labute approximate surface area is 153 Å². The van der Waals surface area contributed by atoms with Gasteiger partial charge in [0.2, 0.25) is 0 Å². The van der Waals surface area contributed by atoms with Crippen LogP contribution in [0.1, 0.15) is 5.01 Å². The van der Waals surface area contributed by atoms with Gasteiger partial charge in [-0.25, -0.2) is 9.37 Å². The Balaban J connectivity index is 1.69. The van der Waals surface area contributed by atoms with Crippen molar-refractivity contribution in [1.82, 2.24) is 9.55 Å². The minimum Gasteiger partial charge on any atom is -0.497 e. The van der Waals surface area contributed by atoms with Crippen molar-refractivity contribution in [3.05, 3.63) is 82.0 Å². The number of halogens is 1. The Morgan fingerprint density at radius 3 is 2.58 bits per heavy atom. The highest BCUT2D eigenvalue weighted by molar-refractivity contribution is 7.18. The highest BCUT2D eigenvalue weighted by Crippen LogP contribution is 2.25. The van der Waals surface area contributed by atoms with E-state index < -0.39 is 0 Å². The van der Waals surface area contributed by atoms with Gasteiger partial charge < -0.3 is 9.30 Å². The number of rotatable bonds is 4. The highest BCUT2D eigenvalue weighted by atomic mass is 32.1. The molecule has 2 aromatic heterocycles. The van der Waals surface area contributed by atoms with Gasteiger partial charge in [-0.3, -0.25) is 4.79 Å². The van der Waals surface area contributed by atoms with E-state index in [-0.39, 0.29) is 11.4 Å². The van der Waals surface area contributed by atoms with E-state index in [0.29, 0.717) is 17.1 Å². The number of fused-ring (bicyclic) bond motifs is 1. The zero-order valence-electron chi connectivity index (χ0n) is 14.0. The monoisotopic (exact) mass is 366 g/mol. The van der Waals surface area contributed by atoms with Crippen molar-refractivity contribution in [3.8, 4) is 16.9 Å². The molecule has 4 rings (SSSR count). The molecular formula is C20H15FN2O2S. The molecule has 6 heteroatoms. The molecule has 0 amide bonds. The van der Waals surface area contributed by atoms with Crippen LogP contribution in [-0.4, -0.2) is 16.7 Å². The van der Waals surface area contributed by atoms with Crippen LogP contribution in [0.2, 0.25) is 0 Å². The lowest BCUT2D eigenvalue weighted by molar-refractivity contribution is 0.415. The maximum atomic E-state index is 13.8. The number of benzene rings is 2. The third kappa shape index (κ3) is 3.11. The number of nitrogens with zero attached hydrogens (tertiary/aromatic N) is 2. The third-order valence-corrected chi connectivity index (χ3v) is 5.13. The molecule has 0 unspecified atom stereocenters. The Morgan fingerprint density at radius 1 is 1.08 bits per heavy atom. The van der Waals surface area contributed by atoms with Gasteiger partial charge in [0.1, 0.15) is 22.1 Å². The molecule has 0 bridgehead atoms. The molecule has 0 saturated heterocycles. The topological polar surface area (TPSA) is 44.1 Å². The summed E-state index contributed by atoms with van der Waals surface area (Å²) in [5.41, 5.74) is 2.13. The van der Waals surface area contributed by atoms with E-state index in [0.717, 1.165) is 21.6 Å². The summed E-state index contributed by atoms with van der Waals surface area (Å²) < 4.78 is 21.4. The Kier molecular flexibility index (Phi) is 4.26. The molecule has 0 aliphatic rings. The summed E-state index contributed by atoms with van der Waals surface area (Å²) in [6.45, 7) is 0.307. The smallest absolute Gasteiger partial charge is 0.250 e. The zero-order valence-corrected chi connectivity index (χ0v) is 14.8. The predicted octanol–water partition coefficient (Wildman–Crippen LogP) is 4.32. The largest absolute Gasteiger partial charge is 0.497 e. The number of para-hydroxylation sites is 1. The van der Waals surface area contributed by atoms with E-state index in [9.17, 15) is 9.18 Å². The molecule has 4 aromatic rings. The zero-order chi connectivity index (χ0) is 18.1. The molecule has 0 radical (unpaired) electrons. The summed E-state index contributed by atoms with van der Waals surface area (Å²) in [6.07, 6.45) is 1.80. The van der Waals surface area contributed by atoms with Crippen molar-refractivity contribution in [2.45, 2.75) is 6.54 Å². The molecule has 0 saturated carbocycles. The Bertz CT molecular complexity index is 1130. The maximum Gasteiger partial charge on any atom is 0.250 e. The maximum absolute atomic E-state index is 13.8. The van der Waals surface area contributed by atoms with Crippen LogP contribution in [0, 0.1) is 5.82 Å². The molecule has 26 heavy (non-hydrogen) atoms. The standard InChI is InChI=1S/C20H15FN2O2S/c1-25-15-8-5-13(6-9-15)14-7-10-19(24)23(11-14)12-18-22-20-16(21)3-2-4-17(20)26-18/h2-11H,12H2,1H3. The third-order valence-electron chi connectivity index (χ3n) is 4.13. The van der Waals surface area contributed by atoms with Crippen LogP contribution in [0.3, 0.4) is 0 Å². The molecule has 0 spiro atoms. The van der Waals surface area contributed by atoms with Crippen LogP contribution in [0.4, 0.5) is 4.39 Å². The van der Waals surface area contributed by atoms with Crippen LogP contribution >= 0.6 is 11.3 Å². The predicted molar refractivity (Wildman–Crippen MR) is 101 cm³/mol. The van der Waals surface area contributed by atoms with Crippen molar-refractivity contribution in [1.29, 1.82) is 0 Å². The second-order valence-electron chi connectivity index (χ2n) is 5.81. The van der Waals surface area contributed by atoms with Gasteiger partial charge in [0, 0.05) is 12.3 Å². The summed E-state index contributed by atoms with van der Waals surface area (Å²) in [4.78, 5) is 16.6. The summed E-state index contributed by atoms with van der Waals surface area (Å²) in [6, 6.07) is 15.8. The van der Waals surface area contributed by atoms with Gasteiger partial charge >= 0.3 is 0 Å². The fourth-order valence-corrected chi connectivity index (χ4v) is 3.76. The lowest BCUT2D eigenvalue weighted by Gasteiger charge is -2.08. The van der Waals surface area contributed by atoms with Crippen molar-refractivity contribution >= 4 is 21.6 Å². The van der Waals surface area contributed by atoms with Crippen LogP contribution in [0.5, 0.6) is 5.75 Å². The molecule has 130 valence electrons. The fourth-order valence-electron chi connectivity index (χ4n) is 2.78. The molecule has 2 aromatic carbocycles. The van der Waals surface area contributed by atoms with Gasteiger partial charge in [-0.15, -0.1) is 11.3 Å². The lowest BCUT2D eigenvalue weighted by Crippen LogP contribution is -2.19. The normalized spacial score (nSPS) is 11.0. The number of hydrogen-bond donors (Lipinski definition) is 0. The van der Waals surface area contributed by atoms with Crippen LogP contribution in [-0.2, 0) is 6.54 Å². The molecule has 2 heterocycles. The summed E-state index contributed by atoms with van der Waals surface area (Å²) in [7, 11) is 1.62. The van der Waals surface area contributed by atoms with Gasteiger partial charge in [-0.1, -0.05) is 18.2 Å². The molecule has 0 atom stereocenters. The SMILES string of the molecule is COc1ccc(-c2ccc(=O)n(Cc3nc4c(F)cccc4s3)c2)cc1. The second kappa shape index (κ2) is 6.72. The number of pyridine rings is 1. The first kappa shape index (κ1) is 16.5. The molecule has 0 fully saturated rings. The fraction of sp³-hybridized carbons (Fsp3) is 0.100. The van der Waals surface area contributed by atoms with Crippen molar-refractivity contribution < 1.29 is 9.13 Å². The van der Waals surface area contributed by atoms with E-state index in [1.807, 2.05) is 30.3 Å². The minimum atomic E-state index is -0.343. The number of aromatic nitrogens is 2. The molecule has 0 aliphatic heterocycles. The number of thiazole rings is 1. The quantitative estimate of drug-likeness (QED) is 0.540. The van der Waals surface area contributed by atoms with Gasteiger partial charge in [0.15, 0.2) is 0 Å².